The molecule has 1 rings (SSSR count). The molecule has 0 atom stereocenters. The van der Waals surface area contributed by atoms with Gasteiger partial charge in [0.15, 0.2) is 0 Å². The third kappa shape index (κ3) is 3.38. The number of ether oxygens (including phenoxy) is 1. The minimum Gasteiger partial charge on any atom is -0.478 e. The van der Waals surface area contributed by atoms with Gasteiger partial charge in [-0.25, -0.2) is 4.79 Å². The van der Waals surface area contributed by atoms with Crippen molar-refractivity contribution in [1.82, 2.24) is 4.98 Å². The van der Waals surface area contributed by atoms with Gasteiger partial charge in [0.25, 0.3) is 5.56 Å². The summed E-state index contributed by atoms with van der Waals surface area (Å²) >= 11 is 5.33. The van der Waals surface area contributed by atoms with Gasteiger partial charge in [-0.1, -0.05) is 0 Å². The molecule has 0 amide bonds. The SMILES string of the molecule is O=C(O)c1cc(=O)[nH]c(OC(F)(F)F)c1CCl. The number of carboxylic acid groups (broad SMARTS) is 1. The fraction of sp³-hybridized carbons (Fsp3) is 0.250. The number of hydrogen-bond donors (Lipinski definition) is 2. The highest BCUT2D eigenvalue weighted by molar-refractivity contribution is 6.17. The van der Waals surface area contributed by atoms with Crippen LogP contribution in [0.4, 0.5) is 13.2 Å². The number of H-pyrrole nitrogens is 1. The highest BCUT2D eigenvalue weighted by Crippen LogP contribution is 2.26. The number of pyridine rings is 1. The molecule has 0 fully saturated rings. The summed E-state index contributed by atoms with van der Waals surface area (Å²) in [4.78, 5) is 23.4. The van der Waals surface area contributed by atoms with E-state index in [1.54, 1.807) is 4.98 Å². The lowest BCUT2D eigenvalue weighted by Crippen LogP contribution is -2.23. The van der Waals surface area contributed by atoms with E-state index in [1.807, 2.05) is 0 Å². The molecule has 0 radical (unpaired) electrons. The summed E-state index contributed by atoms with van der Waals surface area (Å²) in [6.45, 7) is 0. The average molecular weight is 272 g/mol. The van der Waals surface area contributed by atoms with Crippen molar-refractivity contribution in [3.8, 4) is 5.88 Å². The number of alkyl halides is 4. The van der Waals surface area contributed by atoms with Crippen LogP contribution < -0.4 is 10.3 Å². The van der Waals surface area contributed by atoms with Crippen LogP contribution in [0.25, 0.3) is 0 Å². The Kier molecular flexibility index (Phi) is 3.66. The lowest BCUT2D eigenvalue weighted by Gasteiger charge is -2.12. The average Bonchev–Trinajstić information content (AvgIpc) is 2.14. The van der Waals surface area contributed by atoms with Gasteiger partial charge in [-0.15, -0.1) is 24.8 Å². The second-order valence-corrected chi connectivity index (χ2v) is 3.11. The Morgan fingerprint density at radius 2 is 2.12 bits per heavy atom. The second-order valence-electron chi connectivity index (χ2n) is 2.84. The van der Waals surface area contributed by atoms with Crippen molar-refractivity contribution in [2.75, 3.05) is 0 Å². The van der Waals surface area contributed by atoms with Gasteiger partial charge < -0.3 is 9.84 Å². The molecule has 9 heteroatoms. The number of halogens is 4. The molecule has 1 aromatic rings. The molecule has 0 unspecified atom stereocenters. The minimum atomic E-state index is -5.05. The smallest absolute Gasteiger partial charge is 0.478 e. The second kappa shape index (κ2) is 4.66. The van der Waals surface area contributed by atoms with Crippen molar-refractivity contribution in [2.24, 2.45) is 0 Å². The summed E-state index contributed by atoms with van der Waals surface area (Å²) in [7, 11) is 0. The molecular weight excluding hydrogens is 267 g/mol. The summed E-state index contributed by atoms with van der Waals surface area (Å²) in [5.41, 5.74) is -2.12. The van der Waals surface area contributed by atoms with E-state index in [-0.39, 0.29) is 0 Å². The first kappa shape index (κ1) is 13.4. The van der Waals surface area contributed by atoms with Gasteiger partial charge in [-0.05, 0) is 0 Å². The maximum absolute atomic E-state index is 12.0. The molecule has 0 aromatic carbocycles. The molecule has 2 N–H and O–H groups in total. The minimum absolute atomic E-state index is 0.448. The molecule has 0 spiro atoms. The summed E-state index contributed by atoms with van der Waals surface area (Å²) in [6, 6.07) is 0.628. The zero-order valence-electron chi connectivity index (χ0n) is 7.97. The molecule has 0 saturated carbocycles. The van der Waals surface area contributed by atoms with Crippen LogP contribution >= 0.6 is 11.6 Å². The Labute approximate surface area is 96.8 Å². The largest absolute Gasteiger partial charge is 0.574 e. The van der Waals surface area contributed by atoms with E-state index in [0.717, 1.165) is 0 Å². The Morgan fingerprint density at radius 3 is 2.53 bits per heavy atom. The van der Waals surface area contributed by atoms with E-state index >= 15 is 0 Å². The van der Waals surface area contributed by atoms with Gasteiger partial charge in [0.2, 0.25) is 5.88 Å². The predicted molar refractivity (Wildman–Crippen MR) is 50.3 cm³/mol. The molecule has 0 aliphatic rings. The number of aromatic nitrogens is 1. The van der Waals surface area contributed by atoms with Crippen molar-refractivity contribution < 1.29 is 27.8 Å². The predicted octanol–water partition coefficient (Wildman–Crippen LogP) is 1.71. The fourth-order valence-corrected chi connectivity index (χ4v) is 1.36. The summed E-state index contributed by atoms with van der Waals surface area (Å²) in [5.74, 6) is -3.14. The van der Waals surface area contributed by atoms with Crippen LogP contribution in [0.1, 0.15) is 15.9 Å². The van der Waals surface area contributed by atoms with Crippen molar-refractivity contribution in [1.29, 1.82) is 0 Å². The van der Waals surface area contributed by atoms with Gasteiger partial charge in [-0.3, -0.25) is 9.78 Å². The normalized spacial score (nSPS) is 11.3. The van der Waals surface area contributed by atoms with E-state index in [2.05, 4.69) is 4.74 Å². The van der Waals surface area contributed by atoms with Crippen LogP contribution in [-0.2, 0) is 5.88 Å². The monoisotopic (exact) mass is 271 g/mol. The van der Waals surface area contributed by atoms with Crippen LogP contribution in [0.15, 0.2) is 10.9 Å². The first-order valence-corrected chi connectivity index (χ1v) is 4.59. The Morgan fingerprint density at radius 1 is 1.53 bits per heavy atom. The van der Waals surface area contributed by atoms with E-state index in [9.17, 15) is 22.8 Å². The Balaban J connectivity index is 3.38. The summed E-state index contributed by atoms with van der Waals surface area (Å²) < 4.78 is 39.5. The molecule has 0 aliphatic carbocycles. The molecular formula is C8H5ClF3NO4. The number of hydrogen-bond acceptors (Lipinski definition) is 3. The zero-order valence-corrected chi connectivity index (χ0v) is 8.72. The van der Waals surface area contributed by atoms with Crippen molar-refractivity contribution >= 4 is 17.6 Å². The fourth-order valence-electron chi connectivity index (χ4n) is 1.09. The number of nitrogens with one attached hydrogen (secondary N) is 1. The lowest BCUT2D eigenvalue weighted by atomic mass is 10.1. The molecule has 0 aliphatic heterocycles. The Bertz CT molecular complexity index is 497. The number of aromatic amines is 1. The van der Waals surface area contributed by atoms with Gasteiger partial charge >= 0.3 is 12.3 Å². The summed E-state index contributed by atoms with van der Waals surface area (Å²) in [6.07, 6.45) is -5.05. The van der Waals surface area contributed by atoms with E-state index in [4.69, 9.17) is 16.7 Å². The standard InChI is InChI=1S/C8H5ClF3NO4/c9-2-4-3(7(15)16)1-5(14)13-6(4)17-8(10,11)12/h1H,2H2,(H,13,14)(H,15,16). The summed E-state index contributed by atoms with van der Waals surface area (Å²) in [5, 5.41) is 8.70. The highest BCUT2D eigenvalue weighted by atomic mass is 35.5. The zero-order chi connectivity index (χ0) is 13.2. The number of rotatable bonds is 3. The van der Waals surface area contributed by atoms with Gasteiger partial charge in [0, 0.05) is 11.6 Å². The van der Waals surface area contributed by atoms with Gasteiger partial charge in [-0.2, -0.15) is 0 Å². The van der Waals surface area contributed by atoms with Crippen LogP contribution in [-0.4, -0.2) is 22.4 Å². The Hall–Kier alpha value is -1.70. The topological polar surface area (TPSA) is 79.4 Å². The van der Waals surface area contributed by atoms with Gasteiger partial charge in [0.05, 0.1) is 11.4 Å². The van der Waals surface area contributed by atoms with Gasteiger partial charge in [0.1, 0.15) is 0 Å². The third-order valence-corrected chi connectivity index (χ3v) is 1.96. The molecule has 1 heterocycles. The molecule has 5 nitrogen and oxygen atoms in total. The van der Waals surface area contributed by atoms with Crippen LogP contribution in [0.2, 0.25) is 0 Å². The van der Waals surface area contributed by atoms with Crippen molar-refractivity contribution in [3.63, 3.8) is 0 Å². The molecule has 17 heavy (non-hydrogen) atoms. The first-order valence-electron chi connectivity index (χ1n) is 4.06. The quantitative estimate of drug-likeness (QED) is 0.820. The van der Waals surface area contributed by atoms with E-state index in [1.165, 1.54) is 0 Å². The van der Waals surface area contributed by atoms with Crippen molar-refractivity contribution in [3.05, 3.63) is 27.5 Å². The van der Waals surface area contributed by atoms with Crippen LogP contribution in [0.3, 0.4) is 0 Å². The maximum atomic E-state index is 12.0. The molecule has 0 saturated heterocycles. The van der Waals surface area contributed by atoms with E-state index in [0.29, 0.717) is 6.07 Å². The molecule has 94 valence electrons. The number of carboxylic acids is 1. The molecule has 1 aromatic heterocycles. The number of carbonyl (C=O) groups is 1. The highest BCUT2D eigenvalue weighted by Gasteiger charge is 2.33. The third-order valence-electron chi connectivity index (χ3n) is 1.69. The first-order chi connectivity index (χ1) is 7.74. The van der Waals surface area contributed by atoms with Crippen molar-refractivity contribution in [2.45, 2.75) is 12.2 Å². The lowest BCUT2D eigenvalue weighted by molar-refractivity contribution is -0.276. The molecule has 0 bridgehead atoms. The van der Waals surface area contributed by atoms with Crippen LogP contribution in [0, 0.1) is 0 Å². The van der Waals surface area contributed by atoms with Crippen LogP contribution in [0.5, 0.6) is 5.88 Å². The number of aromatic carboxylic acids is 1. The maximum Gasteiger partial charge on any atom is 0.574 e. The van der Waals surface area contributed by atoms with E-state index < -0.39 is 40.8 Å².